The lowest BCUT2D eigenvalue weighted by Crippen LogP contribution is -2.35. The largest absolute Gasteiger partial charge is 0.323 e. The number of hydrogen-bond acceptors (Lipinski definition) is 2. The van der Waals surface area contributed by atoms with Crippen LogP contribution in [0.5, 0.6) is 0 Å². The molecule has 0 N–H and O–H groups in total. The SMILES string of the molecule is C#CCN(Cc1ccc(F)cc1)C(=O)c1ccc(N2CCCCC2=O)cc1. The van der Waals surface area contributed by atoms with Gasteiger partial charge in [0, 0.05) is 30.8 Å². The Hall–Kier alpha value is -3.13. The predicted octanol–water partition coefficient (Wildman–Crippen LogP) is 3.62. The minimum absolute atomic E-state index is 0.116. The van der Waals surface area contributed by atoms with Crippen molar-refractivity contribution < 1.29 is 14.0 Å². The van der Waals surface area contributed by atoms with Gasteiger partial charge in [-0.1, -0.05) is 18.1 Å². The van der Waals surface area contributed by atoms with Gasteiger partial charge < -0.3 is 9.80 Å². The molecule has 0 aliphatic carbocycles. The Morgan fingerprint density at radius 1 is 1.11 bits per heavy atom. The molecule has 138 valence electrons. The number of halogens is 1. The van der Waals surface area contributed by atoms with Crippen LogP contribution >= 0.6 is 0 Å². The zero-order chi connectivity index (χ0) is 19.2. The van der Waals surface area contributed by atoms with Crippen LogP contribution in [0.2, 0.25) is 0 Å². The van der Waals surface area contributed by atoms with Gasteiger partial charge in [-0.05, 0) is 54.8 Å². The highest BCUT2D eigenvalue weighted by molar-refractivity contribution is 5.97. The Balaban J connectivity index is 1.74. The first-order valence-corrected chi connectivity index (χ1v) is 8.96. The van der Waals surface area contributed by atoms with Crippen molar-refractivity contribution >= 4 is 17.5 Å². The standard InChI is InChI=1S/C22H21FN2O2/c1-2-14-24(16-17-6-10-19(23)11-7-17)22(27)18-8-12-20(13-9-18)25-15-4-3-5-21(25)26/h1,6-13H,3-5,14-16H2. The molecule has 0 unspecified atom stereocenters. The van der Waals surface area contributed by atoms with E-state index in [9.17, 15) is 14.0 Å². The van der Waals surface area contributed by atoms with Crippen molar-refractivity contribution in [2.75, 3.05) is 18.0 Å². The van der Waals surface area contributed by atoms with Crippen molar-refractivity contribution in [3.8, 4) is 12.3 Å². The van der Waals surface area contributed by atoms with Gasteiger partial charge in [-0.15, -0.1) is 6.42 Å². The molecular weight excluding hydrogens is 343 g/mol. The van der Waals surface area contributed by atoms with Crippen molar-refractivity contribution in [1.29, 1.82) is 0 Å². The van der Waals surface area contributed by atoms with E-state index in [1.807, 2.05) is 0 Å². The van der Waals surface area contributed by atoms with Gasteiger partial charge in [0.1, 0.15) is 5.82 Å². The minimum Gasteiger partial charge on any atom is -0.323 e. The fraction of sp³-hybridized carbons (Fsp3) is 0.273. The number of benzene rings is 2. The van der Waals surface area contributed by atoms with Gasteiger partial charge in [0.15, 0.2) is 0 Å². The van der Waals surface area contributed by atoms with E-state index >= 15 is 0 Å². The molecule has 2 aromatic carbocycles. The zero-order valence-electron chi connectivity index (χ0n) is 15.0. The smallest absolute Gasteiger partial charge is 0.254 e. The normalized spacial score (nSPS) is 13.9. The lowest BCUT2D eigenvalue weighted by molar-refractivity contribution is -0.119. The number of amides is 2. The van der Waals surface area contributed by atoms with E-state index in [2.05, 4.69) is 5.92 Å². The third-order valence-corrected chi connectivity index (χ3v) is 4.61. The topological polar surface area (TPSA) is 40.6 Å². The van der Waals surface area contributed by atoms with Crippen molar-refractivity contribution in [2.24, 2.45) is 0 Å². The average molecular weight is 364 g/mol. The third kappa shape index (κ3) is 4.53. The van der Waals surface area contributed by atoms with Crippen molar-refractivity contribution in [3.05, 3.63) is 65.5 Å². The van der Waals surface area contributed by atoms with Crippen molar-refractivity contribution in [1.82, 2.24) is 4.90 Å². The molecule has 27 heavy (non-hydrogen) atoms. The van der Waals surface area contributed by atoms with Gasteiger partial charge >= 0.3 is 0 Å². The predicted molar refractivity (Wildman–Crippen MR) is 103 cm³/mol. The third-order valence-electron chi connectivity index (χ3n) is 4.61. The molecule has 1 aliphatic rings. The van der Waals surface area contributed by atoms with E-state index < -0.39 is 0 Å². The molecule has 1 saturated heterocycles. The second kappa shape index (κ2) is 8.50. The summed E-state index contributed by atoms with van der Waals surface area (Å²) in [4.78, 5) is 28.2. The summed E-state index contributed by atoms with van der Waals surface area (Å²) in [5.41, 5.74) is 2.11. The molecule has 1 aliphatic heterocycles. The van der Waals surface area contributed by atoms with E-state index in [4.69, 9.17) is 6.42 Å². The zero-order valence-corrected chi connectivity index (χ0v) is 15.0. The summed E-state index contributed by atoms with van der Waals surface area (Å²) < 4.78 is 13.1. The minimum atomic E-state index is -0.323. The van der Waals surface area contributed by atoms with Gasteiger partial charge in [0.2, 0.25) is 5.91 Å². The lowest BCUT2D eigenvalue weighted by Gasteiger charge is -2.27. The average Bonchev–Trinajstić information content (AvgIpc) is 2.69. The number of rotatable bonds is 5. The molecule has 0 aromatic heterocycles. The second-order valence-electron chi connectivity index (χ2n) is 6.54. The molecule has 5 heteroatoms. The quantitative estimate of drug-likeness (QED) is 0.761. The van der Waals surface area contributed by atoms with E-state index in [1.54, 1.807) is 41.3 Å². The maximum atomic E-state index is 13.1. The van der Waals surface area contributed by atoms with Gasteiger partial charge in [0.05, 0.1) is 6.54 Å². The number of carbonyl (C=O) groups is 2. The molecule has 0 atom stereocenters. The van der Waals surface area contributed by atoms with Crippen LogP contribution in [-0.4, -0.2) is 29.8 Å². The van der Waals surface area contributed by atoms with Gasteiger partial charge in [-0.25, -0.2) is 4.39 Å². The number of hydrogen-bond donors (Lipinski definition) is 0. The second-order valence-corrected chi connectivity index (χ2v) is 6.54. The van der Waals surface area contributed by atoms with Crippen molar-refractivity contribution in [2.45, 2.75) is 25.8 Å². The van der Waals surface area contributed by atoms with Crippen LogP contribution in [0.25, 0.3) is 0 Å². The van der Waals surface area contributed by atoms with Gasteiger partial charge in [0.25, 0.3) is 5.91 Å². The Bertz CT molecular complexity index is 853. The number of anilines is 1. The molecule has 3 rings (SSSR count). The molecule has 2 aromatic rings. The van der Waals surface area contributed by atoms with E-state index in [-0.39, 0.29) is 24.2 Å². The fourth-order valence-corrected chi connectivity index (χ4v) is 3.17. The van der Waals surface area contributed by atoms with Crippen LogP contribution in [0.4, 0.5) is 10.1 Å². The van der Waals surface area contributed by atoms with E-state index in [0.29, 0.717) is 25.1 Å². The fourth-order valence-electron chi connectivity index (χ4n) is 3.17. The van der Waals surface area contributed by atoms with Gasteiger partial charge in [-0.3, -0.25) is 9.59 Å². The van der Waals surface area contributed by atoms with Crippen molar-refractivity contribution in [3.63, 3.8) is 0 Å². The molecule has 1 fully saturated rings. The van der Waals surface area contributed by atoms with Gasteiger partial charge in [-0.2, -0.15) is 0 Å². The van der Waals surface area contributed by atoms with Crippen LogP contribution in [0.3, 0.4) is 0 Å². The summed E-state index contributed by atoms with van der Waals surface area (Å²) in [6.07, 6.45) is 7.89. The molecule has 0 radical (unpaired) electrons. The summed E-state index contributed by atoms with van der Waals surface area (Å²) in [7, 11) is 0. The molecule has 0 bridgehead atoms. The molecule has 1 heterocycles. The summed E-state index contributed by atoms with van der Waals surface area (Å²) in [6.45, 7) is 1.16. The van der Waals surface area contributed by atoms with E-state index in [0.717, 1.165) is 24.1 Å². The summed E-state index contributed by atoms with van der Waals surface area (Å²) in [6, 6.07) is 13.0. The first kappa shape index (κ1) is 18.7. The molecule has 0 spiro atoms. The first-order valence-electron chi connectivity index (χ1n) is 8.96. The Morgan fingerprint density at radius 2 is 1.81 bits per heavy atom. The highest BCUT2D eigenvalue weighted by Gasteiger charge is 2.20. The Morgan fingerprint density at radius 3 is 2.44 bits per heavy atom. The number of carbonyl (C=O) groups excluding carboxylic acids is 2. The summed E-state index contributed by atoms with van der Waals surface area (Å²) in [5, 5.41) is 0. The summed E-state index contributed by atoms with van der Waals surface area (Å²) in [5.74, 6) is 2.09. The van der Waals surface area contributed by atoms with Crippen LogP contribution < -0.4 is 4.90 Å². The highest BCUT2D eigenvalue weighted by atomic mass is 19.1. The number of nitrogens with zero attached hydrogens (tertiary/aromatic N) is 2. The Kier molecular flexibility index (Phi) is 5.87. The van der Waals surface area contributed by atoms with Crippen LogP contribution in [0.1, 0.15) is 35.2 Å². The van der Waals surface area contributed by atoms with Crippen LogP contribution in [-0.2, 0) is 11.3 Å². The number of piperidine rings is 1. The highest BCUT2D eigenvalue weighted by Crippen LogP contribution is 2.22. The molecule has 2 amide bonds. The molecule has 4 nitrogen and oxygen atoms in total. The molecule has 0 saturated carbocycles. The Labute approximate surface area is 158 Å². The number of terminal acetylenes is 1. The van der Waals surface area contributed by atoms with Crippen LogP contribution in [0.15, 0.2) is 48.5 Å². The lowest BCUT2D eigenvalue weighted by atomic mass is 10.1. The summed E-state index contributed by atoms with van der Waals surface area (Å²) >= 11 is 0. The first-order chi connectivity index (χ1) is 13.1. The maximum absolute atomic E-state index is 13.1. The monoisotopic (exact) mass is 364 g/mol. The van der Waals surface area contributed by atoms with Crippen LogP contribution in [0, 0.1) is 18.2 Å². The molecular formula is C22H21FN2O2. The maximum Gasteiger partial charge on any atom is 0.254 e. The van der Waals surface area contributed by atoms with E-state index in [1.165, 1.54) is 17.0 Å².